The van der Waals surface area contributed by atoms with Crippen LogP contribution >= 0.6 is 23.2 Å². The summed E-state index contributed by atoms with van der Waals surface area (Å²) in [6, 6.07) is 10.4. The van der Waals surface area contributed by atoms with Gasteiger partial charge >= 0.3 is 0 Å². The predicted octanol–water partition coefficient (Wildman–Crippen LogP) is 3.73. The predicted molar refractivity (Wildman–Crippen MR) is 101 cm³/mol. The second-order valence-electron chi connectivity index (χ2n) is 5.09. The summed E-state index contributed by atoms with van der Waals surface area (Å²) in [7, 11) is -2.55. The molecular formula is C17H16Cl2N2O3S. The van der Waals surface area contributed by atoms with E-state index in [0.29, 0.717) is 10.7 Å². The van der Waals surface area contributed by atoms with E-state index in [1.54, 1.807) is 24.3 Å². The standard InChI is InChI=1S/C17H16Cl2N2O3S/c1-3-10-20-17(22)12-4-9-15(19)16(11-12)25(23,24)21(2)14-7-5-13(18)6-8-14/h3-9,11H,1,10H2,2H3,(H,20,22). The van der Waals surface area contributed by atoms with Crippen molar-refractivity contribution in [2.75, 3.05) is 17.9 Å². The lowest BCUT2D eigenvalue weighted by atomic mass is 10.2. The Bertz CT molecular complexity index is 897. The number of hydrogen-bond acceptors (Lipinski definition) is 3. The first kappa shape index (κ1) is 19.3. The fraction of sp³-hybridized carbons (Fsp3) is 0.118. The molecule has 0 unspecified atom stereocenters. The highest BCUT2D eigenvalue weighted by molar-refractivity contribution is 7.93. The van der Waals surface area contributed by atoms with E-state index in [0.717, 1.165) is 4.31 Å². The van der Waals surface area contributed by atoms with E-state index in [1.807, 2.05) is 0 Å². The summed E-state index contributed by atoms with van der Waals surface area (Å²) < 4.78 is 26.9. The van der Waals surface area contributed by atoms with E-state index >= 15 is 0 Å². The molecule has 0 bridgehead atoms. The van der Waals surface area contributed by atoms with Crippen molar-refractivity contribution in [3.05, 3.63) is 70.7 Å². The fourth-order valence-electron chi connectivity index (χ4n) is 2.05. The summed E-state index contributed by atoms with van der Waals surface area (Å²) in [6.45, 7) is 3.78. The van der Waals surface area contributed by atoms with Crippen LogP contribution < -0.4 is 9.62 Å². The van der Waals surface area contributed by atoms with Crippen LogP contribution in [0.4, 0.5) is 5.69 Å². The molecule has 0 aliphatic carbocycles. The van der Waals surface area contributed by atoms with Gasteiger partial charge in [0.25, 0.3) is 15.9 Å². The number of carbonyl (C=O) groups is 1. The monoisotopic (exact) mass is 398 g/mol. The molecule has 25 heavy (non-hydrogen) atoms. The van der Waals surface area contributed by atoms with Crippen molar-refractivity contribution in [1.29, 1.82) is 0 Å². The van der Waals surface area contributed by atoms with E-state index < -0.39 is 15.9 Å². The van der Waals surface area contributed by atoms with Crippen molar-refractivity contribution in [2.45, 2.75) is 4.90 Å². The highest BCUT2D eigenvalue weighted by Gasteiger charge is 2.25. The summed E-state index contributed by atoms with van der Waals surface area (Å²) in [6.07, 6.45) is 1.53. The van der Waals surface area contributed by atoms with Crippen LogP contribution in [-0.4, -0.2) is 27.9 Å². The molecule has 0 atom stereocenters. The Balaban J connectivity index is 2.42. The maximum absolute atomic E-state index is 12.9. The molecule has 2 rings (SSSR count). The molecule has 1 N–H and O–H groups in total. The lowest BCUT2D eigenvalue weighted by molar-refractivity contribution is 0.0958. The number of halogens is 2. The number of nitrogens with one attached hydrogen (secondary N) is 1. The van der Waals surface area contributed by atoms with Crippen LogP contribution in [0.25, 0.3) is 0 Å². The minimum absolute atomic E-state index is 0.0288. The fourth-order valence-corrected chi connectivity index (χ4v) is 3.87. The molecule has 2 aromatic rings. The minimum atomic E-state index is -3.95. The number of carbonyl (C=O) groups excluding carboxylic acids is 1. The number of rotatable bonds is 6. The second kappa shape index (κ2) is 7.91. The third-order valence-electron chi connectivity index (χ3n) is 3.43. The molecule has 1 amide bonds. The zero-order chi connectivity index (χ0) is 18.6. The van der Waals surface area contributed by atoms with Gasteiger partial charge in [-0.05, 0) is 42.5 Å². The van der Waals surface area contributed by atoms with Gasteiger partial charge in [-0.2, -0.15) is 0 Å². The normalized spacial score (nSPS) is 11.0. The van der Waals surface area contributed by atoms with Crippen LogP contribution in [0, 0.1) is 0 Å². The summed E-state index contributed by atoms with van der Waals surface area (Å²) in [4.78, 5) is 11.9. The number of sulfonamides is 1. The number of amides is 1. The van der Waals surface area contributed by atoms with Crippen LogP contribution in [0.3, 0.4) is 0 Å². The Hall–Kier alpha value is -2.02. The topological polar surface area (TPSA) is 66.5 Å². The summed E-state index contributed by atoms with van der Waals surface area (Å²) in [5.74, 6) is -0.415. The molecule has 0 radical (unpaired) electrons. The first-order chi connectivity index (χ1) is 11.8. The van der Waals surface area contributed by atoms with Gasteiger partial charge in [0, 0.05) is 24.2 Å². The van der Waals surface area contributed by atoms with Gasteiger partial charge in [-0.1, -0.05) is 29.3 Å². The largest absolute Gasteiger partial charge is 0.349 e. The van der Waals surface area contributed by atoms with Crippen LogP contribution in [0.5, 0.6) is 0 Å². The van der Waals surface area contributed by atoms with Crippen molar-refractivity contribution in [2.24, 2.45) is 0 Å². The number of benzene rings is 2. The van der Waals surface area contributed by atoms with Crippen molar-refractivity contribution in [3.63, 3.8) is 0 Å². The first-order valence-electron chi connectivity index (χ1n) is 7.20. The maximum atomic E-state index is 12.9. The summed E-state index contributed by atoms with van der Waals surface area (Å²) in [5.41, 5.74) is 0.608. The Labute approximate surface area is 156 Å². The van der Waals surface area contributed by atoms with Gasteiger partial charge in [0.2, 0.25) is 0 Å². The molecule has 5 nitrogen and oxygen atoms in total. The van der Waals surface area contributed by atoms with Crippen molar-refractivity contribution < 1.29 is 13.2 Å². The Kier molecular flexibility index (Phi) is 6.11. The molecule has 8 heteroatoms. The third kappa shape index (κ3) is 4.34. The van der Waals surface area contributed by atoms with Gasteiger partial charge in [0.05, 0.1) is 10.7 Å². The van der Waals surface area contributed by atoms with Gasteiger partial charge in [-0.15, -0.1) is 6.58 Å². The van der Waals surface area contributed by atoms with Gasteiger partial charge in [-0.3, -0.25) is 9.10 Å². The maximum Gasteiger partial charge on any atom is 0.265 e. The first-order valence-corrected chi connectivity index (χ1v) is 9.40. The van der Waals surface area contributed by atoms with E-state index in [4.69, 9.17) is 23.2 Å². The quantitative estimate of drug-likeness (QED) is 0.753. The Morgan fingerprint density at radius 1 is 1.20 bits per heavy atom. The van der Waals surface area contributed by atoms with Crippen LogP contribution in [0.1, 0.15) is 10.4 Å². The van der Waals surface area contributed by atoms with Gasteiger partial charge in [0.15, 0.2) is 0 Å². The van der Waals surface area contributed by atoms with Crippen molar-refractivity contribution >= 4 is 44.8 Å². The third-order valence-corrected chi connectivity index (χ3v) is 5.95. The van der Waals surface area contributed by atoms with E-state index in [2.05, 4.69) is 11.9 Å². The molecule has 0 aliphatic rings. The molecule has 0 saturated carbocycles. The lowest BCUT2D eigenvalue weighted by Crippen LogP contribution is -2.28. The average Bonchev–Trinajstić information content (AvgIpc) is 2.59. The molecule has 0 heterocycles. The molecule has 0 spiro atoms. The number of anilines is 1. The number of nitrogens with zero attached hydrogens (tertiary/aromatic N) is 1. The van der Waals surface area contributed by atoms with E-state index in [1.165, 1.54) is 31.3 Å². The zero-order valence-corrected chi connectivity index (χ0v) is 15.7. The zero-order valence-electron chi connectivity index (χ0n) is 13.4. The minimum Gasteiger partial charge on any atom is -0.349 e. The highest BCUT2D eigenvalue weighted by atomic mass is 35.5. The Morgan fingerprint density at radius 3 is 2.44 bits per heavy atom. The van der Waals surface area contributed by atoms with E-state index in [-0.39, 0.29) is 22.0 Å². The van der Waals surface area contributed by atoms with Crippen LogP contribution in [0.15, 0.2) is 60.0 Å². The van der Waals surface area contributed by atoms with E-state index in [9.17, 15) is 13.2 Å². The average molecular weight is 399 g/mol. The molecule has 0 aliphatic heterocycles. The molecule has 0 saturated heterocycles. The van der Waals surface area contributed by atoms with Crippen LogP contribution in [-0.2, 0) is 10.0 Å². The second-order valence-corrected chi connectivity index (χ2v) is 7.87. The highest BCUT2D eigenvalue weighted by Crippen LogP contribution is 2.29. The molecule has 2 aromatic carbocycles. The summed E-state index contributed by atoms with van der Waals surface area (Å²) in [5, 5.41) is 3.11. The SMILES string of the molecule is C=CCNC(=O)c1ccc(Cl)c(S(=O)(=O)N(C)c2ccc(Cl)cc2)c1. The van der Waals surface area contributed by atoms with Crippen molar-refractivity contribution in [3.8, 4) is 0 Å². The van der Waals surface area contributed by atoms with Crippen LogP contribution in [0.2, 0.25) is 10.0 Å². The molecule has 0 aromatic heterocycles. The van der Waals surface area contributed by atoms with Gasteiger partial charge in [0.1, 0.15) is 4.90 Å². The van der Waals surface area contributed by atoms with Crippen molar-refractivity contribution in [1.82, 2.24) is 5.32 Å². The number of hydrogen-bond donors (Lipinski definition) is 1. The van der Waals surface area contributed by atoms with Gasteiger partial charge in [-0.25, -0.2) is 8.42 Å². The van der Waals surface area contributed by atoms with Gasteiger partial charge < -0.3 is 5.32 Å². The smallest absolute Gasteiger partial charge is 0.265 e. The lowest BCUT2D eigenvalue weighted by Gasteiger charge is -2.20. The Morgan fingerprint density at radius 2 is 1.84 bits per heavy atom. The molecule has 132 valence electrons. The summed E-state index contributed by atoms with van der Waals surface area (Å²) >= 11 is 11.9. The molecule has 0 fully saturated rings. The molecular weight excluding hydrogens is 383 g/mol.